The summed E-state index contributed by atoms with van der Waals surface area (Å²) in [6.45, 7) is 3.66. The molecule has 6 nitrogen and oxygen atoms in total. The summed E-state index contributed by atoms with van der Waals surface area (Å²) in [6.07, 6.45) is -0.549. The quantitative estimate of drug-likeness (QED) is 0.643. The van der Waals surface area contributed by atoms with Gasteiger partial charge in [-0.3, -0.25) is 0 Å². The van der Waals surface area contributed by atoms with Gasteiger partial charge in [0.2, 0.25) is 5.67 Å². The standard InChI is InChI=1S/C20H24Cl2FNO5/c1-4-10(2)29-18(26)20(24)15(8-12-16(20)19(12,23)17(25)27-3)28-9-11-5-6-13(21)14(22)7-11/h5-7,10,12,15-16H,4,8-9,24H2,1-3H3/t10?,12-,15-,16+,19-,20+/m1/s1. The topological polar surface area (TPSA) is 87.9 Å². The highest BCUT2D eigenvalue weighted by atomic mass is 35.5. The molecular formula is C20H24Cl2FNO5. The van der Waals surface area contributed by atoms with E-state index in [4.69, 9.17) is 38.4 Å². The minimum absolute atomic E-state index is 0.0913. The number of rotatable bonds is 7. The van der Waals surface area contributed by atoms with Crippen molar-refractivity contribution in [1.82, 2.24) is 0 Å². The van der Waals surface area contributed by atoms with Crippen LogP contribution in [0.1, 0.15) is 32.3 Å². The van der Waals surface area contributed by atoms with E-state index in [2.05, 4.69) is 4.74 Å². The Morgan fingerprint density at radius 1 is 1.31 bits per heavy atom. The van der Waals surface area contributed by atoms with E-state index in [-0.39, 0.29) is 13.0 Å². The fourth-order valence-corrected chi connectivity index (χ4v) is 4.45. The fraction of sp³-hybridized carbons (Fsp3) is 0.600. The van der Waals surface area contributed by atoms with Crippen LogP contribution in [-0.4, -0.2) is 42.5 Å². The molecule has 0 aromatic heterocycles. The summed E-state index contributed by atoms with van der Waals surface area (Å²) in [4.78, 5) is 24.9. The van der Waals surface area contributed by atoms with Crippen LogP contribution >= 0.6 is 23.2 Å². The maximum absolute atomic E-state index is 15.3. The van der Waals surface area contributed by atoms with E-state index < -0.39 is 47.2 Å². The molecule has 0 bridgehead atoms. The zero-order valence-electron chi connectivity index (χ0n) is 16.4. The van der Waals surface area contributed by atoms with Crippen LogP contribution in [0, 0.1) is 11.8 Å². The SMILES string of the molecule is CCC(C)OC(=O)[C@@]1(N)[C@H]2[C@@H](C[C@H]1OCc1ccc(Cl)c(Cl)c1)[C@]2(F)C(=O)OC. The maximum atomic E-state index is 15.3. The largest absolute Gasteiger partial charge is 0.467 e. The lowest BCUT2D eigenvalue weighted by molar-refractivity contribution is -0.166. The van der Waals surface area contributed by atoms with Crippen LogP contribution in [0.3, 0.4) is 0 Å². The first-order chi connectivity index (χ1) is 13.6. The smallest absolute Gasteiger partial charge is 0.344 e. The lowest BCUT2D eigenvalue weighted by Crippen LogP contribution is -2.61. The van der Waals surface area contributed by atoms with Gasteiger partial charge in [-0.05, 0) is 37.5 Å². The van der Waals surface area contributed by atoms with E-state index in [1.165, 1.54) is 0 Å². The Kier molecular flexibility index (Phi) is 6.16. The van der Waals surface area contributed by atoms with Crippen LogP contribution < -0.4 is 5.73 Å². The molecule has 2 aliphatic rings. The number of ether oxygens (including phenoxy) is 3. The molecule has 1 unspecified atom stereocenters. The predicted molar refractivity (Wildman–Crippen MR) is 105 cm³/mol. The van der Waals surface area contributed by atoms with Crippen LogP contribution in [0.2, 0.25) is 10.0 Å². The number of fused-ring (bicyclic) bond motifs is 1. The van der Waals surface area contributed by atoms with Crippen LogP contribution in [0.15, 0.2) is 18.2 Å². The van der Waals surface area contributed by atoms with Crippen LogP contribution in [0.25, 0.3) is 0 Å². The van der Waals surface area contributed by atoms with Gasteiger partial charge in [0.25, 0.3) is 0 Å². The van der Waals surface area contributed by atoms with Crippen molar-refractivity contribution >= 4 is 35.1 Å². The van der Waals surface area contributed by atoms with Crippen molar-refractivity contribution in [1.29, 1.82) is 0 Å². The Morgan fingerprint density at radius 2 is 2.00 bits per heavy atom. The molecule has 1 aromatic carbocycles. The number of esters is 2. The molecule has 0 saturated heterocycles. The monoisotopic (exact) mass is 447 g/mol. The van der Waals surface area contributed by atoms with Gasteiger partial charge >= 0.3 is 11.9 Å². The third kappa shape index (κ3) is 3.63. The third-order valence-electron chi connectivity index (χ3n) is 5.97. The molecule has 0 radical (unpaired) electrons. The van der Waals surface area contributed by atoms with Crippen molar-refractivity contribution in [2.24, 2.45) is 17.6 Å². The lowest BCUT2D eigenvalue weighted by atomic mass is 9.87. The fourth-order valence-electron chi connectivity index (χ4n) is 4.13. The first kappa shape index (κ1) is 22.3. The van der Waals surface area contributed by atoms with Gasteiger partial charge in [0.1, 0.15) is 5.54 Å². The predicted octanol–water partition coefficient (Wildman–Crippen LogP) is 3.45. The molecule has 9 heteroatoms. The van der Waals surface area contributed by atoms with Gasteiger partial charge in [-0.2, -0.15) is 0 Å². The second-order valence-corrected chi connectivity index (χ2v) is 8.50. The summed E-state index contributed by atoms with van der Waals surface area (Å²) in [5, 5.41) is 0.772. The Morgan fingerprint density at radius 3 is 2.59 bits per heavy atom. The highest BCUT2D eigenvalue weighted by Crippen LogP contribution is 2.67. The first-order valence-electron chi connectivity index (χ1n) is 9.43. The minimum Gasteiger partial charge on any atom is -0.467 e. The molecule has 6 atom stereocenters. The molecule has 2 saturated carbocycles. The van der Waals surface area contributed by atoms with Crippen molar-refractivity contribution in [2.75, 3.05) is 7.11 Å². The Balaban J connectivity index is 1.82. The van der Waals surface area contributed by atoms with Gasteiger partial charge in [0.05, 0.1) is 36.0 Å². The highest BCUT2D eigenvalue weighted by molar-refractivity contribution is 6.42. The molecule has 0 heterocycles. The Hall–Kier alpha value is -1.41. The lowest BCUT2D eigenvalue weighted by Gasteiger charge is -2.34. The molecule has 0 aliphatic heterocycles. The van der Waals surface area contributed by atoms with Crippen LogP contribution in [-0.2, 0) is 30.4 Å². The van der Waals surface area contributed by atoms with E-state index >= 15 is 4.39 Å². The second-order valence-electron chi connectivity index (χ2n) is 7.68. The number of nitrogens with two attached hydrogens (primary N) is 1. The van der Waals surface area contributed by atoms with Crippen molar-refractivity contribution in [2.45, 2.75) is 56.7 Å². The summed E-state index contributed by atoms with van der Waals surface area (Å²) in [6, 6.07) is 5.00. The van der Waals surface area contributed by atoms with Crippen molar-refractivity contribution in [3.8, 4) is 0 Å². The third-order valence-corrected chi connectivity index (χ3v) is 6.71. The Labute approximate surface area is 178 Å². The summed E-state index contributed by atoms with van der Waals surface area (Å²) < 4.78 is 31.2. The average molecular weight is 448 g/mol. The number of carbonyl (C=O) groups is 2. The molecule has 160 valence electrons. The van der Waals surface area contributed by atoms with E-state index in [9.17, 15) is 9.59 Å². The average Bonchev–Trinajstić information content (AvgIpc) is 3.17. The first-order valence-corrected chi connectivity index (χ1v) is 10.2. The number of alkyl halides is 1. The molecule has 0 amide bonds. The molecule has 2 fully saturated rings. The molecule has 0 spiro atoms. The zero-order valence-corrected chi connectivity index (χ0v) is 17.9. The van der Waals surface area contributed by atoms with Gasteiger partial charge in [-0.1, -0.05) is 36.2 Å². The molecule has 2 aliphatic carbocycles. The summed E-state index contributed by atoms with van der Waals surface area (Å²) in [7, 11) is 1.10. The summed E-state index contributed by atoms with van der Waals surface area (Å²) >= 11 is 11.9. The number of methoxy groups -OCH3 is 1. The molecule has 3 rings (SSSR count). The van der Waals surface area contributed by atoms with E-state index in [0.717, 1.165) is 12.7 Å². The minimum atomic E-state index is -2.30. The van der Waals surface area contributed by atoms with Crippen molar-refractivity contribution < 1.29 is 28.2 Å². The second kappa shape index (κ2) is 8.02. The van der Waals surface area contributed by atoms with Crippen LogP contribution in [0.4, 0.5) is 4.39 Å². The van der Waals surface area contributed by atoms with Gasteiger partial charge < -0.3 is 19.9 Å². The normalized spacial score (nSPS) is 33.7. The Bertz CT molecular complexity index is 824. The number of hydrogen-bond donors (Lipinski definition) is 1. The highest BCUT2D eigenvalue weighted by Gasteiger charge is 2.85. The molecule has 29 heavy (non-hydrogen) atoms. The number of hydrogen-bond acceptors (Lipinski definition) is 6. The molecule has 1 aromatic rings. The van der Waals surface area contributed by atoms with E-state index in [1.54, 1.807) is 25.1 Å². The molecule has 2 N–H and O–H groups in total. The van der Waals surface area contributed by atoms with Gasteiger partial charge in [-0.15, -0.1) is 0 Å². The van der Waals surface area contributed by atoms with Crippen molar-refractivity contribution in [3.05, 3.63) is 33.8 Å². The number of benzene rings is 1. The summed E-state index contributed by atoms with van der Waals surface area (Å²) in [5.74, 6) is -3.62. The van der Waals surface area contributed by atoms with Gasteiger partial charge in [0, 0.05) is 11.8 Å². The van der Waals surface area contributed by atoms with Gasteiger partial charge in [0.15, 0.2) is 0 Å². The van der Waals surface area contributed by atoms with Crippen molar-refractivity contribution in [3.63, 3.8) is 0 Å². The van der Waals surface area contributed by atoms with Crippen LogP contribution in [0.5, 0.6) is 0 Å². The van der Waals surface area contributed by atoms with E-state index in [1.807, 2.05) is 6.92 Å². The van der Waals surface area contributed by atoms with E-state index in [0.29, 0.717) is 16.5 Å². The zero-order chi connectivity index (χ0) is 21.6. The number of carbonyl (C=O) groups excluding carboxylic acids is 2. The number of halogens is 3. The maximum Gasteiger partial charge on any atom is 0.344 e. The van der Waals surface area contributed by atoms with Gasteiger partial charge in [-0.25, -0.2) is 14.0 Å². The summed E-state index contributed by atoms with van der Waals surface area (Å²) in [5.41, 5.74) is 3.04. The molecular weight excluding hydrogens is 424 g/mol.